The van der Waals surface area contributed by atoms with Crippen LogP contribution in [0.3, 0.4) is 0 Å². The molecule has 0 unspecified atom stereocenters. The molecular formula is C16H21N3O2. The molecule has 0 radical (unpaired) electrons. The number of morpholine rings is 1. The molecule has 3 rings (SSSR count). The molecule has 112 valence electrons. The fourth-order valence-electron chi connectivity index (χ4n) is 2.63. The maximum absolute atomic E-state index is 5.90. The Hall–Kier alpha value is -1.72. The summed E-state index contributed by atoms with van der Waals surface area (Å²) < 4.78 is 11.3. The van der Waals surface area contributed by atoms with E-state index < -0.39 is 0 Å². The molecule has 2 aromatic rings. The molecule has 5 nitrogen and oxygen atoms in total. The lowest BCUT2D eigenvalue weighted by molar-refractivity contribution is -0.0469. The second kappa shape index (κ2) is 6.37. The van der Waals surface area contributed by atoms with E-state index in [1.54, 1.807) is 0 Å². The summed E-state index contributed by atoms with van der Waals surface area (Å²) in [7, 11) is 0. The third-order valence-corrected chi connectivity index (χ3v) is 3.97. The Kier molecular flexibility index (Phi) is 4.31. The van der Waals surface area contributed by atoms with Gasteiger partial charge >= 0.3 is 0 Å². The molecule has 0 bridgehead atoms. The first-order valence-electron chi connectivity index (χ1n) is 7.51. The van der Waals surface area contributed by atoms with E-state index in [1.165, 1.54) is 5.56 Å². The maximum atomic E-state index is 5.90. The molecule has 1 fully saturated rings. The predicted octanol–water partition coefficient (Wildman–Crippen LogP) is 2.77. The first-order valence-corrected chi connectivity index (χ1v) is 7.51. The number of hydrogen-bond donors (Lipinski definition) is 0. The molecule has 1 saturated heterocycles. The van der Waals surface area contributed by atoms with E-state index in [2.05, 4.69) is 34.1 Å². The van der Waals surface area contributed by atoms with Gasteiger partial charge in [-0.05, 0) is 12.5 Å². The van der Waals surface area contributed by atoms with Crippen molar-refractivity contribution in [1.29, 1.82) is 0 Å². The van der Waals surface area contributed by atoms with Crippen LogP contribution in [0.4, 0.5) is 0 Å². The maximum Gasteiger partial charge on any atom is 0.243 e. The van der Waals surface area contributed by atoms with Crippen LogP contribution in [0.25, 0.3) is 0 Å². The average Bonchev–Trinajstić information content (AvgIpc) is 3.04. The zero-order chi connectivity index (χ0) is 14.7. The standard InChI is InChI=1S/C16H21N3O2/c1-3-15-17-16(21-18-15)12(2)19-9-10-20-14(11-19)13-7-5-4-6-8-13/h4-8,12,14H,3,9-11H2,1-2H3/t12-,14-/m0/s1. The van der Waals surface area contributed by atoms with Gasteiger partial charge in [0.25, 0.3) is 0 Å². The Labute approximate surface area is 124 Å². The number of ether oxygens (including phenoxy) is 1. The van der Waals surface area contributed by atoms with Gasteiger partial charge in [0, 0.05) is 19.5 Å². The van der Waals surface area contributed by atoms with Gasteiger partial charge in [0.15, 0.2) is 5.82 Å². The molecule has 0 aliphatic carbocycles. The van der Waals surface area contributed by atoms with E-state index >= 15 is 0 Å². The van der Waals surface area contributed by atoms with Gasteiger partial charge in [-0.1, -0.05) is 42.4 Å². The van der Waals surface area contributed by atoms with Crippen molar-refractivity contribution in [3.63, 3.8) is 0 Å². The molecule has 1 aromatic carbocycles. The van der Waals surface area contributed by atoms with Crippen molar-refractivity contribution in [3.05, 3.63) is 47.6 Å². The summed E-state index contributed by atoms with van der Waals surface area (Å²) in [6, 6.07) is 10.5. The van der Waals surface area contributed by atoms with Gasteiger partial charge < -0.3 is 9.26 Å². The van der Waals surface area contributed by atoms with Crippen LogP contribution in [0.1, 0.15) is 43.3 Å². The number of hydrogen-bond acceptors (Lipinski definition) is 5. The van der Waals surface area contributed by atoms with Crippen molar-refractivity contribution < 1.29 is 9.26 Å². The second-order valence-electron chi connectivity index (χ2n) is 5.34. The van der Waals surface area contributed by atoms with Crippen LogP contribution in [0.2, 0.25) is 0 Å². The summed E-state index contributed by atoms with van der Waals surface area (Å²) in [6.07, 6.45) is 0.905. The zero-order valence-corrected chi connectivity index (χ0v) is 12.5. The fourth-order valence-corrected chi connectivity index (χ4v) is 2.63. The minimum atomic E-state index is 0.107. The SMILES string of the molecule is CCc1noc([C@H](C)N2CCO[C@H](c3ccccc3)C2)n1. The third kappa shape index (κ3) is 3.14. The van der Waals surface area contributed by atoms with Gasteiger partial charge in [0.2, 0.25) is 5.89 Å². The highest BCUT2D eigenvalue weighted by Crippen LogP contribution is 2.27. The minimum absolute atomic E-state index is 0.107. The normalized spacial score (nSPS) is 21.3. The molecule has 1 aromatic heterocycles. The highest BCUT2D eigenvalue weighted by molar-refractivity contribution is 5.18. The largest absolute Gasteiger partial charge is 0.371 e. The summed E-state index contributed by atoms with van der Waals surface area (Å²) >= 11 is 0. The minimum Gasteiger partial charge on any atom is -0.371 e. The molecule has 5 heteroatoms. The van der Waals surface area contributed by atoms with Gasteiger partial charge in [-0.3, -0.25) is 4.90 Å². The number of aryl methyl sites for hydroxylation is 1. The highest BCUT2D eigenvalue weighted by Gasteiger charge is 2.28. The van der Waals surface area contributed by atoms with Crippen LogP contribution in [-0.2, 0) is 11.2 Å². The lowest BCUT2D eigenvalue weighted by Crippen LogP contribution is -2.40. The second-order valence-corrected chi connectivity index (χ2v) is 5.34. The van der Waals surface area contributed by atoms with E-state index in [0.29, 0.717) is 5.89 Å². The number of benzene rings is 1. The number of nitrogens with zero attached hydrogens (tertiary/aromatic N) is 3. The highest BCUT2D eigenvalue weighted by atomic mass is 16.5. The van der Waals surface area contributed by atoms with Crippen LogP contribution in [0, 0.1) is 0 Å². The lowest BCUT2D eigenvalue weighted by Gasteiger charge is -2.35. The molecule has 0 N–H and O–H groups in total. The number of aromatic nitrogens is 2. The quantitative estimate of drug-likeness (QED) is 0.865. The predicted molar refractivity (Wildman–Crippen MR) is 78.8 cm³/mol. The van der Waals surface area contributed by atoms with Gasteiger partial charge in [0.1, 0.15) is 0 Å². The third-order valence-electron chi connectivity index (χ3n) is 3.97. The Morgan fingerprint density at radius 3 is 2.86 bits per heavy atom. The molecule has 1 aliphatic rings. The number of rotatable bonds is 4. The lowest BCUT2D eigenvalue weighted by atomic mass is 10.1. The topological polar surface area (TPSA) is 51.4 Å². The van der Waals surface area contributed by atoms with Crippen molar-refractivity contribution in [3.8, 4) is 0 Å². The monoisotopic (exact) mass is 287 g/mol. The van der Waals surface area contributed by atoms with Crippen molar-refractivity contribution in [2.45, 2.75) is 32.4 Å². The summed E-state index contributed by atoms with van der Waals surface area (Å²) in [5.41, 5.74) is 1.22. The van der Waals surface area contributed by atoms with Gasteiger partial charge in [-0.2, -0.15) is 4.98 Å². The average molecular weight is 287 g/mol. The van der Waals surface area contributed by atoms with Crippen LogP contribution < -0.4 is 0 Å². The molecule has 2 heterocycles. The molecule has 2 atom stereocenters. The first-order chi connectivity index (χ1) is 10.3. The van der Waals surface area contributed by atoms with Gasteiger partial charge in [0.05, 0.1) is 18.8 Å². The molecule has 0 saturated carbocycles. The van der Waals surface area contributed by atoms with Crippen LogP contribution in [-0.4, -0.2) is 34.7 Å². The van der Waals surface area contributed by atoms with Gasteiger partial charge in [-0.25, -0.2) is 0 Å². The van der Waals surface area contributed by atoms with Crippen LogP contribution >= 0.6 is 0 Å². The van der Waals surface area contributed by atoms with Crippen LogP contribution in [0.15, 0.2) is 34.9 Å². The Morgan fingerprint density at radius 2 is 2.14 bits per heavy atom. The van der Waals surface area contributed by atoms with E-state index in [-0.39, 0.29) is 12.1 Å². The Balaban J connectivity index is 1.70. The van der Waals surface area contributed by atoms with Crippen molar-refractivity contribution >= 4 is 0 Å². The Morgan fingerprint density at radius 1 is 1.33 bits per heavy atom. The van der Waals surface area contributed by atoms with E-state index in [9.17, 15) is 0 Å². The molecule has 0 spiro atoms. The summed E-state index contributed by atoms with van der Waals surface area (Å²) in [4.78, 5) is 6.78. The van der Waals surface area contributed by atoms with E-state index in [4.69, 9.17) is 9.26 Å². The summed E-state index contributed by atoms with van der Waals surface area (Å²) in [6.45, 7) is 6.59. The molecule has 0 amide bonds. The zero-order valence-electron chi connectivity index (χ0n) is 12.5. The molecular weight excluding hydrogens is 266 g/mol. The van der Waals surface area contributed by atoms with Gasteiger partial charge in [-0.15, -0.1) is 0 Å². The summed E-state index contributed by atoms with van der Waals surface area (Å²) in [5, 5.41) is 3.98. The Bertz CT molecular complexity index is 570. The van der Waals surface area contributed by atoms with E-state index in [0.717, 1.165) is 31.9 Å². The van der Waals surface area contributed by atoms with E-state index in [1.807, 2.05) is 25.1 Å². The first kappa shape index (κ1) is 14.2. The van der Waals surface area contributed by atoms with Crippen molar-refractivity contribution in [2.75, 3.05) is 19.7 Å². The van der Waals surface area contributed by atoms with Crippen molar-refractivity contribution in [2.24, 2.45) is 0 Å². The van der Waals surface area contributed by atoms with Crippen LogP contribution in [0.5, 0.6) is 0 Å². The summed E-state index contributed by atoms with van der Waals surface area (Å²) in [5.74, 6) is 1.46. The molecule has 1 aliphatic heterocycles. The molecule has 21 heavy (non-hydrogen) atoms. The van der Waals surface area contributed by atoms with Crippen molar-refractivity contribution in [1.82, 2.24) is 15.0 Å². The smallest absolute Gasteiger partial charge is 0.243 e. The fraction of sp³-hybridized carbons (Fsp3) is 0.500.